The molecular formula is C14H12N4O2S. The molecule has 1 atom stereocenters. The number of aromatic nitrogens is 3. The topological polar surface area (TPSA) is 88.0 Å². The van der Waals surface area contributed by atoms with Gasteiger partial charge in [-0.15, -0.1) is 11.3 Å². The van der Waals surface area contributed by atoms with E-state index in [2.05, 4.69) is 20.3 Å². The summed E-state index contributed by atoms with van der Waals surface area (Å²) in [7, 11) is 0. The highest BCUT2D eigenvalue weighted by Gasteiger charge is 2.16. The summed E-state index contributed by atoms with van der Waals surface area (Å²) in [6.07, 6.45) is 3.45. The number of thiophene rings is 1. The number of anilines is 1. The minimum atomic E-state index is -1.05. The van der Waals surface area contributed by atoms with Crippen molar-refractivity contribution in [2.75, 3.05) is 5.32 Å². The molecule has 106 valence electrons. The lowest BCUT2D eigenvalue weighted by Crippen LogP contribution is -2.12. The second kappa shape index (κ2) is 5.45. The van der Waals surface area contributed by atoms with Crippen LogP contribution in [0.5, 0.6) is 0 Å². The molecule has 0 saturated heterocycles. The van der Waals surface area contributed by atoms with Crippen molar-refractivity contribution in [3.8, 4) is 0 Å². The van der Waals surface area contributed by atoms with Gasteiger partial charge in [0, 0.05) is 12.4 Å². The molecule has 6 nitrogen and oxygen atoms in total. The van der Waals surface area contributed by atoms with Gasteiger partial charge < -0.3 is 10.4 Å². The lowest BCUT2D eigenvalue weighted by molar-refractivity contribution is 0.0693. The van der Waals surface area contributed by atoms with E-state index in [1.165, 1.54) is 11.3 Å². The van der Waals surface area contributed by atoms with Crippen LogP contribution in [0.1, 0.15) is 29.0 Å². The Morgan fingerprint density at radius 2 is 2.24 bits per heavy atom. The smallest absolute Gasteiger partial charge is 0.356 e. The third kappa shape index (κ3) is 2.68. The first-order chi connectivity index (χ1) is 10.1. The van der Waals surface area contributed by atoms with E-state index in [1.807, 2.05) is 19.1 Å². The Kier molecular flexibility index (Phi) is 3.49. The van der Waals surface area contributed by atoms with Gasteiger partial charge in [0.2, 0.25) is 5.95 Å². The van der Waals surface area contributed by atoms with Crippen molar-refractivity contribution in [1.82, 2.24) is 15.0 Å². The van der Waals surface area contributed by atoms with Gasteiger partial charge in [-0.05, 0) is 30.0 Å². The van der Waals surface area contributed by atoms with Crippen molar-refractivity contribution in [2.24, 2.45) is 0 Å². The number of hydrogen-bond acceptors (Lipinski definition) is 6. The van der Waals surface area contributed by atoms with Gasteiger partial charge in [-0.25, -0.2) is 14.8 Å². The van der Waals surface area contributed by atoms with E-state index < -0.39 is 5.97 Å². The van der Waals surface area contributed by atoms with Crippen LogP contribution >= 0.6 is 11.3 Å². The van der Waals surface area contributed by atoms with Crippen LogP contribution in [-0.4, -0.2) is 26.0 Å². The molecule has 0 radical (unpaired) electrons. The van der Waals surface area contributed by atoms with E-state index in [9.17, 15) is 9.90 Å². The molecule has 3 aromatic heterocycles. The van der Waals surface area contributed by atoms with Crippen molar-refractivity contribution in [3.63, 3.8) is 0 Å². The predicted octanol–water partition coefficient (Wildman–Crippen LogP) is 2.96. The molecule has 0 saturated carbocycles. The summed E-state index contributed by atoms with van der Waals surface area (Å²) in [5.74, 6) is -0.753. The van der Waals surface area contributed by atoms with Gasteiger partial charge in [-0.1, -0.05) is 6.07 Å². The summed E-state index contributed by atoms with van der Waals surface area (Å²) >= 11 is 1.32. The molecule has 0 bridgehead atoms. The molecule has 0 fully saturated rings. The van der Waals surface area contributed by atoms with Gasteiger partial charge >= 0.3 is 5.97 Å². The Hall–Kier alpha value is -2.54. The number of fused-ring (bicyclic) bond motifs is 1. The second-order valence-electron chi connectivity index (χ2n) is 4.49. The zero-order chi connectivity index (χ0) is 14.8. The molecule has 0 aromatic carbocycles. The molecule has 1 unspecified atom stereocenters. The van der Waals surface area contributed by atoms with Crippen molar-refractivity contribution in [1.29, 1.82) is 0 Å². The van der Waals surface area contributed by atoms with E-state index in [0.29, 0.717) is 16.2 Å². The van der Waals surface area contributed by atoms with Gasteiger partial charge in [0.1, 0.15) is 0 Å². The average Bonchev–Trinajstić information content (AvgIpc) is 2.95. The molecule has 0 amide bonds. The molecule has 3 heterocycles. The average molecular weight is 300 g/mol. The number of hydrogen-bond donors (Lipinski definition) is 2. The van der Waals surface area contributed by atoms with Crippen LogP contribution in [0.4, 0.5) is 5.95 Å². The molecule has 3 rings (SSSR count). The Balaban J connectivity index is 1.95. The first-order valence-corrected chi connectivity index (χ1v) is 7.18. The zero-order valence-corrected chi connectivity index (χ0v) is 12.0. The summed E-state index contributed by atoms with van der Waals surface area (Å²) in [6.45, 7) is 1.94. The van der Waals surface area contributed by atoms with Gasteiger partial charge in [0.15, 0.2) is 5.69 Å². The van der Waals surface area contributed by atoms with Crippen molar-refractivity contribution >= 4 is 33.5 Å². The van der Waals surface area contributed by atoms with Crippen LogP contribution in [0.25, 0.3) is 10.2 Å². The Morgan fingerprint density at radius 1 is 1.38 bits per heavy atom. The molecule has 0 aliphatic heterocycles. The molecule has 7 heteroatoms. The van der Waals surface area contributed by atoms with E-state index in [1.54, 1.807) is 23.8 Å². The fraction of sp³-hybridized carbons (Fsp3) is 0.143. The molecule has 0 aliphatic carbocycles. The lowest BCUT2D eigenvalue weighted by Gasteiger charge is -2.14. The highest BCUT2D eigenvalue weighted by atomic mass is 32.1. The SMILES string of the molecule is CC(Nc1nc(C(=O)O)c2sccc2n1)c1cccnc1. The molecule has 2 N–H and O–H groups in total. The normalized spacial score (nSPS) is 12.2. The predicted molar refractivity (Wildman–Crippen MR) is 80.6 cm³/mol. The van der Waals surface area contributed by atoms with Crippen LogP contribution < -0.4 is 5.32 Å². The van der Waals surface area contributed by atoms with Crippen molar-refractivity contribution in [2.45, 2.75) is 13.0 Å². The first kappa shape index (κ1) is 13.4. The lowest BCUT2D eigenvalue weighted by atomic mass is 10.1. The maximum Gasteiger partial charge on any atom is 0.356 e. The summed E-state index contributed by atoms with van der Waals surface area (Å²) in [4.78, 5) is 23.8. The third-order valence-corrected chi connectivity index (χ3v) is 3.95. The Bertz CT molecular complexity index is 788. The summed E-state index contributed by atoms with van der Waals surface area (Å²) in [5.41, 5.74) is 1.63. The largest absolute Gasteiger partial charge is 0.476 e. The summed E-state index contributed by atoms with van der Waals surface area (Å²) in [5, 5.41) is 14.2. The number of nitrogens with one attached hydrogen (secondary N) is 1. The molecular weight excluding hydrogens is 288 g/mol. The standard InChI is InChI=1S/C14H12N4O2S/c1-8(9-3-2-5-15-7-9)16-14-17-10-4-6-21-12(10)11(18-14)13(19)20/h2-8H,1H3,(H,19,20)(H,16,17,18). The summed E-state index contributed by atoms with van der Waals surface area (Å²) in [6, 6.07) is 5.50. The second-order valence-corrected chi connectivity index (χ2v) is 5.40. The Morgan fingerprint density at radius 3 is 2.95 bits per heavy atom. The van der Waals surface area contributed by atoms with Crippen LogP contribution in [-0.2, 0) is 0 Å². The van der Waals surface area contributed by atoms with E-state index >= 15 is 0 Å². The fourth-order valence-corrected chi connectivity index (χ4v) is 2.79. The van der Waals surface area contributed by atoms with Gasteiger partial charge in [0.05, 0.1) is 16.3 Å². The third-order valence-electron chi connectivity index (χ3n) is 3.04. The molecule has 21 heavy (non-hydrogen) atoms. The van der Waals surface area contributed by atoms with Crippen LogP contribution in [0, 0.1) is 0 Å². The zero-order valence-electron chi connectivity index (χ0n) is 11.1. The van der Waals surface area contributed by atoms with Crippen LogP contribution in [0.15, 0.2) is 36.0 Å². The summed E-state index contributed by atoms with van der Waals surface area (Å²) < 4.78 is 0.585. The monoisotopic (exact) mass is 300 g/mol. The number of aromatic carboxylic acids is 1. The molecule has 3 aromatic rings. The quantitative estimate of drug-likeness (QED) is 0.770. The molecule has 0 spiro atoms. The number of pyridine rings is 1. The van der Waals surface area contributed by atoms with E-state index in [-0.39, 0.29) is 11.7 Å². The molecule has 0 aliphatic rings. The number of carboxylic acids is 1. The number of carboxylic acid groups (broad SMARTS) is 1. The van der Waals surface area contributed by atoms with Crippen molar-refractivity contribution in [3.05, 3.63) is 47.2 Å². The first-order valence-electron chi connectivity index (χ1n) is 6.30. The maximum atomic E-state index is 11.3. The fourth-order valence-electron chi connectivity index (χ4n) is 1.98. The highest BCUT2D eigenvalue weighted by molar-refractivity contribution is 7.17. The number of rotatable bonds is 4. The minimum absolute atomic E-state index is 0.0240. The maximum absolute atomic E-state index is 11.3. The van der Waals surface area contributed by atoms with Crippen LogP contribution in [0.2, 0.25) is 0 Å². The number of carbonyl (C=O) groups is 1. The van der Waals surface area contributed by atoms with Crippen LogP contribution in [0.3, 0.4) is 0 Å². The minimum Gasteiger partial charge on any atom is -0.476 e. The van der Waals surface area contributed by atoms with E-state index in [4.69, 9.17) is 0 Å². The number of nitrogens with zero attached hydrogens (tertiary/aromatic N) is 3. The van der Waals surface area contributed by atoms with Crippen molar-refractivity contribution < 1.29 is 9.90 Å². The Labute approximate surface area is 124 Å². The highest BCUT2D eigenvalue weighted by Crippen LogP contribution is 2.25. The van der Waals surface area contributed by atoms with Gasteiger partial charge in [-0.2, -0.15) is 0 Å². The van der Waals surface area contributed by atoms with Gasteiger partial charge in [-0.3, -0.25) is 4.98 Å². The van der Waals surface area contributed by atoms with E-state index in [0.717, 1.165) is 5.56 Å². The van der Waals surface area contributed by atoms with Gasteiger partial charge in [0.25, 0.3) is 0 Å².